The highest BCUT2D eigenvalue weighted by Gasteiger charge is 2.17. The molecule has 3 rings (SSSR count). The molecule has 0 radical (unpaired) electrons. The Bertz CT molecular complexity index is 816. The number of aryl methyl sites for hydroxylation is 2. The lowest BCUT2D eigenvalue weighted by Gasteiger charge is -2.08. The maximum Gasteiger partial charge on any atom is 0.337 e. The number of aromatic nitrogens is 4. The third kappa shape index (κ3) is 2.29. The van der Waals surface area contributed by atoms with E-state index in [2.05, 4.69) is 10.1 Å². The van der Waals surface area contributed by atoms with Crippen LogP contribution in [0.15, 0.2) is 30.6 Å². The van der Waals surface area contributed by atoms with Gasteiger partial charge in [0, 0.05) is 25.2 Å². The normalized spacial score (nSPS) is 11.1. The molecule has 1 aromatic carbocycles. The van der Waals surface area contributed by atoms with Gasteiger partial charge in [-0.05, 0) is 12.1 Å². The lowest BCUT2D eigenvalue weighted by atomic mass is 10.2. The molecule has 0 amide bonds. The number of aromatic carboxylic acids is 1. The standard InChI is InChI=1S/C15H16N4O2/c1-3-13-17-12-6-4-5-11(15(20)21)14(12)19(13)9-10-7-16-18(2)8-10/h4-8H,3,9H2,1-2H3,(H,20,21). The molecule has 0 saturated carbocycles. The topological polar surface area (TPSA) is 72.9 Å². The van der Waals surface area contributed by atoms with Crippen LogP contribution in [0.1, 0.15) is 28.7 Å². The number of nitrogens with zero attached hydrogens (tertiary/aromatic N) is 4. The fourth-order valence-corrected chi connectivity index (χ4v) is 2.58. The Morgan fingerprint density at radius 2 is 2.19 bits per heavy atom. The molecule has 6 heteroatoms. The fourth-order valence-electron chi connectivity index (χ4n) is 2.58. The minimum absolute atomic E-state index is 0.281. The summed E-state index contributed by atoms with van der Waals surface area (Å²) in [6, 6.07) is 5.19. The van der Waals surface area contributed by atoms with E-state index < -0.39 is 5.97 Å². The number of hydrogen-bond acceptors (Lipinski definition) is 3. The van der Waals surface area contributed by atoms with Crippen molar-refractivity contribution in [2.24, 2.45) is 7.05 Å². The van der Waals surface area contributed by atoms with Gasteiger partial charge in [-0.15, -0.1) is 0 Å². The second-order valence-corrected chi connectivity index (χ2v) is 4.97. The quantitative estimate of drug-likeness (QED) is 0.796. The Balaban J connectivity index is 2.20. The fraction of sp³-hybridized carbons (Fsp3) is 0.267. The predicted octanol–water partition coefficient (Wildman–Crippen LogP) is 2.08. The summed E-state index contributed by atoms with van der Waals surface area (Å²) in [5.74, 6) is -0.0573. The Hall–Kier alpha value is -2.63. The van der Waals surface area contributed by atoms with Crippen molar-refractivity contribution in [2.75, 3.05) is 0 Å². The highest BCUT2D eigenvalue weighted by molar-refractivity contribution is 6.01. The summed E-state index contributed by atoms with van der Waals surface area (Å²) in [7, 11) is 1.86. The van der Waals surface area contributed by atoms with Gasteiger partial charge >= 0.3 is 5.97 Å². The van der Waals surface area contributed by atoms with Crippen molar-refractivity contribution in [3.63, 3.8) is 0 Å². The van der Waals surface area contributed by atoms with Crippen molar-refractivity contribution >= 4 is 17.0 Å². The first-order valence-electron chi connectivity index (χ1n) is 6.79. The molecule has 0 spiro atoms. The Labute approximate surface area is 121 Å². The number of fused-ring (bicyclic) bond motifs is 1. The zero-order valence-electron chi connectivity index (χ0n) is 11.9. The number of carboxylic acid groups (broad SMARTS) is 1. The van der Waals surface area contributed by atoms with E-state index in [1.165, 1.54) is 0 Å². The van der Waals surface area contributed by atoms with E-state index >= 15 is 0 Å². The van der Waals surface area contributed by atoms with Crippen LogP contribution in [0.4, 0.5) is 0 Å². The average molecular weight is 284 g/mol. The Morgan fingerprint density at radius 1 is 1.38 bits per heavy atom. The molecule has 0 saturated heterocycles. The molecule has 0 aliphatic rings. The van der Waals surface area contributed by atoms with Crippen LogP contribution in [0.5, 0.6) is 0 Å². The van der Waals surface area contributed by atoms with E-state index in [9.17, 15) is 9.90 Å². The zero-order valence-corrected chi connectivity index (χ0v) is 11.9. The first-order chi connectivity index (χ1) is 10.1. The number of para-hydroxylation sites is 1. The first kappa shape index (κ1) is 13.4. The molecule has 0 aliphatic carbocycles. The molecule has 0 atom stereocenters. The number of imidazole rings is 1. The molecule has 108 valence electrons. The highest BCUT2D eigenvalue weighted by atomic mass is 16.4. The molecule has 6 nitrogen and oxygen atoms in total. The number of hydrogen-bond donors (Lipinski definition) is 1. The van der Waals surface area contributed by atoms with E-state index in [4.69, 9.17) is 0 Å². The second kappa shape index (κ2) is 5.05. The van der Waals surface area contributed by atoms with Gasteiger partial charge < -0.3 is 9.67 Å². The van der Waals surface area contributed by atoms with E-state index in [0.29, 0.717) is 12.1 Å². The molecular weight excluding hydrogens is 268 g/mol. The van der Waals surface area contributed by atoms with Crippen LogP contribution in [0, 0.1) is 0 Å². The summed E-state index contributed by atoms with van der Waals surface area (Å²) < 4.78 is 3.70. The predicted molar refractivity (Wildman–Crippen MR) is 78.4 cm³/mol. The van der Waals surface area contributed by atoms with Crippen LogP contribution in [0.3, 0.4) is 0 Å². The smallest absolute Gasteiger partial charge is 0.337 e. The van der Waals surface area contributed by atoms with Gasteiger partial charge in [-0.25, -0.2) is 9.78 Å². The second-order valence-electron chi connectivity index (χ2n) is 4.97. The molecule has 21 heavy (non-hydrogen) atoms. The van der Waals surface area contributed by atoms with Gasteiger partial charge in [-0.2, -0.15) is 5.10 Å². The lowest BCUT2D eigenvalue weighted by molar-refractivity contribution is 0.0698. The minimum atomic E-state index is -0.935. The van der Waals surface area contributed by atoms with Crippen molar-refractivity contribution in [1.29, 1.82) is 0 Å². The van der Waals surface area contributed by atoms with Crippen molar-refractivity contribution in [2.45, 2.75) is 19.9 Å². The molecule has 2 heterocycles. The van der Waals surface area contributed by atoms with Crippen LogP contribution in [-0.4, -0.2) is 30.4 Å². The molecule has 0 aliphatic heterocycles. The lowest BCUT2D eigenvalue weighted by Crippen LogP contribution is -2.07. The summed E-state index contributed by atoms with van der Waals surface area (Å²) >= 11 is 0. The van der Waals surface area contributed by atoms with Crippen LogP contribution in [0.2, 0.25) is 0 Å². The molecule has 2 aromatic heterocycles. The van der Waals surface area contributed by atoms with Crippen molar-refractivity contribution in [3.05, 3.63) is 47.5 Å². The van der Waals surface area contributed by atoms with Crippen molar-refractivity contribution in [3.8, 4) is 0 Å². The molecule has 1 N–H and O–H groups in total. The third-order valence-electron chi connectivity index (χ3n) is 3.49. The Kier molecular flexibility index (Phi) is 3.21. The van der Waals surface area contributed by atoms with Gasteiger partial charge in [0.1, 0.15) is 5.82 Å². The number of benzene rings is 1. The number of rotatable bonds is 4. The summed E-state index contributed by atoms with van der Waals surface area (Å²) in [6.07, 6.45) is 4.46. The summed E-state index contributed by atoms with van der Waals surface area (Å²) in [6.45, 7) is 2.58. The van der Waals surface area contributed by atoms with Gasteiger partial charge in [-0.3, -0.25) is 4.68 Å². The maximum atomic E-state index is 11.5. The van der Waals surface area contributed by atoms with E-state index in [0.717, 1.165) is 23.3 Å². The Morgan fingerprint density at radius 3 is 2.81 bits per heavy atom. The average Bonchev–Trinajstić information content (AvgIpc) is 3.03. The highest BCUT2D eigenvalue weighted by Crippen LogP contribution is 2.22. The summed E-state index contributed by atoms with van der Waals surface area (Å²) in [4.78, 5) is 16.0. The monoisotopic (exact) mass is 284 g/mol. The van der Waals surface area contributed by atoms with Crippen LogP contribution < -0.4 is 0 Å². The van der Waals surface area contributed by atoms with Gasteiger partial charge in [0.15, 0.2) is 0 Å². The largest absolute Gasteiger partial charge is 0.478 e. The van der Waals surface area contributed by atoms with E-state index in [1.807, 2.05) is 30.8 Å². The SMILES string of the molecule is CCc1nc2cccc(C(=O)O)c2n1Cc1cnn(C)c1. The first-order valence-corrected chi connectivity index (χ1v) is 6.79. The van der Waals surface area contributed by atoms with Crippen molar-refractivity contribution in [1.82, 2.24) is 19.3 Å². The maximum absolute atomic E-state index is 11.5. The van der Waals surface area contributed by atoms with E-state index in [1.54, 1.807) is 23.0 Å². The van der Waals surface area contributed by atoms with Gasteiger partial charge in [0.2, 0.25) is 0 Å². The van der Waals surface area contributed by atoms with Gasteiger partial charge in [0.25, 0.3) is 0 Å². The van der Waals surface area contributed by atoms with Crippen molar-refractivity contribution < 1.29 is 9.90 Å². The summed E-state index contributed by atoms with van der Waals surface area (Å²) in [5, 5.41) is 13.6. The van der Waals surface area contributed by atoms with Crippen LogP contribution in [0.25, 0.3) is 11.0 Å². The molecule has 3 aromatic rings. The summed E-state index contributed by atoms with van der Waals surface area (Å²) in [5.41, 5.74) is 2.69. The van der Waals surface area contributed by atoms with Crippen LogP contribution >= 0.6 is 0 Å². The van der Waals surface area contributed by atoms with E-state index in [-0.39, 0.29) is 5.56 Å². The zero-order chi connectivity index (χ0) is 15.0. The van der Waals surface area contributed by atoms with Crippen LogP contribution in [-0.2, 0) is 20.0 Å². The van der Waals surface area contributed by atoms with Gasteiger partial charge in [0.05, 0.1) is 29.3 Å². The minimum Gasteiger partial charge on any atom is -0.478 e. The van der Waals surface area contributed by atoms with Gasteiger partial charge in [-0.1, -0.05) is 13.0 Å². The molecule has 0 unspecified atom stereocenters. The third-order valence-corrected chi connectivity index (χ3v) is 3.49. The molecule has 0 fully saturated rings. The molecule has 0 bridgehead atoms. The number of carbonyl (C=O) groups is 1. The molecular formula is C15H16N4O2. The number of carboxylic acids is 1.